The highest BCUT2D eigenvalue weighted by molar-refractivity contribution is 5.93. The Morgan fingerprint density at radius 3 is 2.61 bits per heavy atom. The van der Waals surface area contributed by atoms with Crippen LogP contribution in [0.5, 0.6) is 11.5 Å². The number of fused-ring (bicyclic) bond motifs is 1. The van der Waals surface area contributed by atoms with Gasteiger partial charge < -0.3 is 19.7 Å². The lowest BCUT2D eigenvalue weighted by Gasteiger charge is -2.40. The molecule has 36 heavy (non-hydrogen) atoms. The number of aromatic nitrogens is 2. The number of carbonyl (C=O) groups is 1. The summed E-state index contributed by atoms with van der Waals surface area (Å²) in [6.45, 7) is 4.13. The van der Waals surface area contributed by atoms with Gasteiger partial charge in [0.05, 0.1) is 31.0 Å². The largest absolute Gasteiger partial charge is 0.493 e. The van der Waals surface area contributed by atoms with Gasteiger partial charge >= 0.3 is 0 Å². The first-order chi connectivity index (χ1) is 17.4. The minimum Gasteiger partial charge on any atom is -0.493 e. The molecule has 9 heteroatoms. The molecule has 2 fully saturated rings. The number of piperazine rings is 1. The number of amides is 1. The number of hydrogen-bond acceptors (Lipinski definition) is 7. The van der Waals surface area contributed by atoms with E-state index in [-0.39, 0.29) is 17.8 Å². The van der Waals surface area contributed by atoms with Gasteiger partial charge in [0.1, 0.15) is 18.0 Å². The maximum absolute atomic E-state index is 14.4. The van der Waals surface area contributed by atoms with E-state index in [1.807, 2.05) is 26.1 Å². The topological polar surface area (TPSA) is 79.8 Å². The van der Waals surface area contributed by atoms with Gasteiger partial charge in [-0.3, -0.25) is 9.69 Å². The number of hydrogen-bond donors (Lipinski definition) is 1. The van der Waals surface area contributed by atoms with Gasteiger partial charge in [0, 0.05) is 37.6 Å². The van der Waals surface area contributed by atoms with Crippen molar-refractivity contribution in [1.82, 2.24) is 19.8 Å². The Morgan fingerprint density at radius 1 is 1.06 bits per heavy atom. The average Bonchev–Trinajstić information content (AvgIpc) is 2.88. The van der Waals surface area contributed by atoms with Gasteiger partial charge in [-0.25, -0.2) is 14.4 Å². The van der Waals surface area contributed by atoms with E-state index >= 15 is 0 Å². The highest BCUT2D eigenvalue weighted by Crippen LogP contribution is 2.37. The van der Waals surface area contributed by atoms with Gasteiger partial charge in [-0.2, -0.15) is 0 Å². The summed E-state index contributed by atoms with van der Waals surface area (Å²) >= 11 is 0. The number of nitrogens with zero attached hydrogens (tertiary/aromatic N) is 4. The molecule has 1 aliphatic carbocycles. The SMILES string of the molecule is COc1cc2ncnc(Nc3cc(C)ccc3F)c2cc1OC1CCC(N2CCN(C)C(=O)C2)CC1. The Morgan fingerprint density at radius 2 is 1.86 bits per heavy atom. The molecule has 0 bridgehead atoms. The van der Waals surface area contributed by atoms with Crippen LogP contribution in [0, 0.1) is 12.7 Å². The molecule has 5 rings (SSSR count). The molecule has 0 spiro atoms. The third kappa shape index (κ3) is 5.06. The molecule has 2 aliphatic rings. The molecule has 1 saturated heterocycles. The molecule has 2 heterocycles. The number of benzene rings is 2. The van der Waals surface area contributed by atoms with E-state index in [1.165, 1.54) is 12.4 Å². The highest BCUT2D eigenvalue weighted by atomic mass is 19.1. The summed E-state index contributed by atoms with van der Waals surface area (Å²) in [6.07, 6.45) is 5.27. The van der Waals surface area contributed by atoms with Crippen molar-refractivity contribution < 1.29 is 18.7 Å². The van der Waals surface area contributed by atoms with Crippen LogP contribution in [-0.4, -0.2) is 71.6 Å². The van der Waals surface area contributed by atoms with Crippen molar-refractivity contribution >= 4 is 28.3 Å². The minimum atomic E-state index is -0.351. The second kappa shape index (κ2) is 10.3. The second-order valence-electron chi connectivity index (χ2n) is 9.68. The number of nitrogens with one attached hydrogen (secondary N) is 1. The van der Waals surface area contributed by atoms with Crippen LogP contribution in [0.25, 0.3) is 10.9 Å². The summed E-state index contributed by atoms with van der Waals surface area (Å²) in [7, 11) is 3.47. The fraction of sp³-hybridized carbons (Fsp3) is 0.444. The zero-order valence-corrected chi connectivity index (χ0v) is 21.0. The van der Waals surface area contributed by atoms with Gasteiger partial charge in [-0.1, -0.05) is 6.07 Å². The zero-order valence-electron chi connectivity index (χ0n) is 21.0. The van der Waals surface area contributed by atoms with Crippen LogP contribution in [0.3, 0.4) is 0 Å². The van der Waals surface area contributed by atoms with Crippen molar-refractivity contribution in [3.63, 3.8) is 0 Å². The molecular formula is C27H32FN5O3. The summed E-state index contributed by atoms with van der Waals surface area (Å²) in [5.41, 5.74) is 1.97. The number of likely N-dealkylation sites (N-methyl/N-ethyl adjacent to an activating group) is 1. The first kappa shape index (κ1) is 24.2. The van der Waals surface area contributed by atoms with Gasteiger partial charge in [-0.05, 0) is 56.4 Å². The Hall–Kier alpha value is -3.46. The number of aryl methyl sites for hydroxylation is 1. The smallest absolute Gasteiger partial charge is 0.236 e. The molecule has 0 unspecified atom stereocenters. The monoisotopic (exact) mass is 493 g/mol. The fourth-order valence-electron chi connectivity index (χ4n) is 5.07. The lowest BCUT2D eigenvalue weighted by atomic mass is 9.91. The normalized spacial score (nSPS) is 21.0. The summed E-state index contributed by atoms with van der Waals surface area (Å²) in [4.78, 5) is 25.0. The Kier molecular flexibility index (Phi) is 6.91. The molecule has 2 aromatic carbocycles. The van der Waals surface area contributed by atoms with Gasteiger partial charge in [0.25, 0.3) is 0 Å². The van der Waals surface area contributed by atoms with Crippen LogP contribution in [0.1, 0.15) is 31.2 Å². The highest BCUT2D eigenvalue weighted by Gasteiger charge is 2.31. The van der Waals surface area contributed by atoms with E-state index in [0.717, 1.165) is 49.7 Å². The van der Waals surface area contributed by atoms with E-state index in [1.54, 1.807) is 24.1 Å². The number of ether oxygens (including phenoxy) is 2. The van der Waals surface area contributed by atoms with Crippen LogP contribution in [0.4, 0.5) is 15.9 Å². The van der Waals surface area contributed by atoms with Crippen molar-refractivity contribution in [1.29, 1.82) is 0 Å². The average molecular weight is 494 g/mol. The molecule has 8 nitrogen and oxygen atoms in total. The predicted molar refractivity (Wildman–Crippen MR) is 136 cm³/mol. The van der Waals surface area contributed by atoms with Crippen molar-refractivity contribution in [2.45, 2.75) is 44.8 Å². The fourth-order valence-corrected chi connectivity index (χ4v) is 5.07. The second-order valence-corrected chi connectivity index (χ2v) is 9.68. The first-order valence-electron chi connectivity index (χ1n) is 12.4. The summed E-state index contributed by atoms with van der Waals surface area (Å²) < 4.78 is 26.4. The third-order valence-electron chi connectivity index (χ3n) is 7.24. The number of rotatable bonds is 6. The molecule has 1 aromatic heterocycles. The molecule has 0 atom stereocenters. The van der Waals surface area contributed by atoms with Gasteiger partial charge in [0.15, 0.2) is 11.5 Å². The van der Waals surface area contributed by atoms with Crippen LogP contribution in [0.15, 0.2) is 36.7 Å². The Balaban J connectivity index is 1.33. The Labute approximate surface area is 210 Å². The molecule has 1 saturated carbocycles. The molecule has 0 radical (unpaired) electrons. The van der Waals surface area contributed by atoms with E-state index in [2.05, 4.69) is 20.2 Å². The van der Waals surface area contributed by atoms with Crippen LogP contribution >= 0.6 is 0 Å². The first-order valence-corrected chi connectivity index (χ1v) is 12.4. The van der Waals surface area contributed by atoms with E-state index in [9.17, 15) is 9.18 Å². The van der Waals surface area contributed by atoms with Crippen molar-refractivity contribution in [2.75, 3.05) is 39.1 Å². The van der Waals surface area contributed by atoms with Crippen LogP contribution in [0.2, 0.25) is 0 Å². The van der Waals surface area contributed by atoms with Gasteiger partial charge in [-0.15, -0.1) is 0 Å². The van der Waals surface area contributed by atoms with Crippen molar-refractivity contribution in [3.05, 3.63) is 48.0 Å². The predicted octanol–water partition coefficient (Wildman–Crippen LogP) is 4.29. The molecular weight excluding hydrogens is 461 g/mol. The zero-order chi connectivity index (χ0) is 25.2. The molecule has 1 aliphatic heterocycles. The molecule has 190 valence electrons. The quantitative estimate of drug-likeness (QED) is 0.549. The van der Waals surface area contributed by atoms with Crippen LogP contribution in [-0.2, 0) is 4.79 Å². The summed E-state index contributed by atoms with van der Waals surface area (Å²) in [5.74, 6) is 1.56. The Bertz CT molecular complexity index is 1260. The molecule has 1 amide bonds. The lowest BCUT2D eigenvalue weighted by molar-refractivity contribution is -0.135. The lowest BCUT2D eigenvalue weighted by Crippen LogP contribution is -2.53. The van der Waals surface area contributed by atoms with Gasteiger partial charge in [0.2, 0.25) is 5.91 Å². The number of anilines is 2. The summed E-state index contributed by atoms with van der Waals surface area (Å²) in [5, 5.41) is 3.84. The van der Waals surface area contributed by atoms with E-state index in [0.29, 0.717) is 41.1 Å². The van der Waals surface area contributed by atoms with E-state index in [4.69, 9.17) is 9.47 Å². The standard InChI is InChI=1S/C27H32FN5O3/c1-17-4-9-21(28)23(12-17)31-27-20-13-25(24(35-3)14-22(20)29-16-30-27)36-19-7-5-18(6-8-19)33-11-10-32(2)26(34)15-33/h4,9,12-14,16,18-19H,5-8,10-11,15H2,1-3H3,(H,29,30,31). The van der Waals surface area contributed by atoms with Crippen LogP contribution < -0.4 is 14.8 Å². The minimum absolute atomic E-state index is 0.0472. The molecule has 1 N–H and O–H groups in total. The number of carbonyl (C=O) groups excluding carboxylic acids is 1. The van der Waals surface area contributed by atoms with E-state index < -0.39 is 0 Å². The number of methoxy groups -OCH3 is 1. The van der Waals surface area contributed by atoms with Crippen molar-refractivity contribution in [2.24, 2.45) is 0 Å². The maximum atomic E-state index is 14.4. The number of halogens is 1. The third-order valence-corrected chi connectivity index (χ3v) is 7.24. The maximum Gasteiger partial charge on any atom is 0.236 e. The molecule has 3 aromatic rings. The van der Waals surface area contributed by atoms with Crippen molar-refractivity contribution in [3.8, 4) is 11.5 Å². The summed E-state index contributed by atoms with van der Waals surface area (Å²) in [6, 6.07) is 9.02.